The van der Waals surface area contributed by atoms with E-state index in [-0.39, 0.29) is 11.9 Å². The van der Waals surface area contributed by atoms with Crippen LogP contribution in [0.25, 0.3) is 0 Å². The number of nitrogens with two attached hydrogens (primary N) is 1. The molecule has 0 saturated carbocycles. The van der Waals surface area contributed by atoms with Crippen LogP contribution in [0.5, 0.6) is 0 Å². The summed E-state index contributed by atoms with van der Waals surface area (Å²) in [6, 6.07) is 4.54. The van der Waals surface area contributed by atoms with Crippen LogP contribution in [0.4, 0.5) is 4.39 Å². The van der Waals surface area contributed by atoms with E-state index in [0.717, 1.165) is 16.7 Å². The number of halogens is 1. The predicted molar refractivity (Wildman–Crippen MR) is 71.7 cm³/mol. The van der Waals surface area contributed by atoms with Crippen molar-refractivity contribution in [2.45, 2.75) is 26.3 Å². The molecule has 3 N–H and O–H groups in total. The molecule has 2 aromatic rings. The van der Waals surface area contributed by atoms with E-state index in [2.05, 4.69) is 15.4 Å². The number of aryl methyl sites for hydroxylation is 2. The van der Waals surface area contributed by atoms with Crippen molar-refractivity contribution < 1.29 is 4.39 Å². The quantitative estimate of drug-likeness (QED) is 0.651. The Morgan fingerprint density at radius 2 is 1.95 bits per heavy atom. The lowest BCUT2D eigenvalue weighted by Gasteiger charge is -2.16. The maximum absolute atomic E-state index is 13.1. The van der Waals surface area contributed by atoms with Crippen LogP contribution >= 0.6 is 0 Å². The standard InChI is InChI=1S/C14H17FN4/c1-9-7-17-14(18-8-9)13(19-16)6-11-3-4-12(15)5-10(11)2/h3-5,7-8,13,19H,6,16H2,1-2H3. The van der Waals surface area contributed by atoms with Crippen LogP contribution in [0.2, 0.25) is 0 Å². The van der Waals surface area contributed by atoms with Crippen molar-refractivity contribution in [1.29, 1.82) is 0 Å². The van der Waals surface area contributed by atoms with Crippen LogP contribution in [0, 0.1) is 19.7 Å². The zero-order valence-electron chi connectivity index (χ0n) is 11.0. The summed E-state index contributed by atoms with van der Waals surface area (Å²) in [7, 11) is 0. The topological polar surface area (TPSA) is 63.8 Å². The summed E-state index contributed by atoms with van der Waals surface area (Å²) >= 11 is 0. The molecule has 0 amide bonds. The van der Waals surface area contributed by atoms with Crippen LogP contribution in [0.3, 0.4) is 0 Å². The van der Waals surface area contributed by atoms with E-state index in [1.54, 1.807) is 18.5 Å². The van der Waals surface area contributed by atoms with Gasteiger partial charge < -0.3 is 0 Å². The molecule has 19 heavy (non-hydrogen) atoms. The Labute approximate surface area is 111 Å². The molecule has 4 nitrogen and oxygen atoms in total. The first kappa shape index (κ1) is 13.6. The van der Waals surface area contributed by atoms with Crippen LogP contribution < -0.4 is 11.3 Å². The molecule has 0 radical (unpaired) electrons. The molecule has 0 aliphatic heterocycles. The fraction of sp³-hybridized carbons (Fsp3) is 0.286. The number of hydrogen-bond donors (Lipinski definition) is 2. The highest BCUT2D eigenvalue weighted by Crippen LogP contribution is 2.18. The molecule has 1 unspecified atom stereocenters. The van der Waals surface area contributed by atoms with Crippen molar-refractivity contribution in [3.05, 3.63) is 58.9 Å². The zero-order valence-corrected chi connectivity index (χ0v) is 11.0. The van der Waals surface area contributed by atoms with E-state index < -0.39 is 0 Å². The summed E-state index contributed by atoms with van der Waals surface area (Å²) in [6.45, 7) is 3.81. The molecule has 0 saturated heterocycles. The van der Waals surface area contributed by atoms with Crippen molar-refractivity contribution in [1.82, 2.24) is 15.4 Å². The Morgan fingerprint density at radius 1 is 1.26 bits per heavy atom. The number of rotatable bonds is 4. The fourth-order valence-electron chi connectivity index (χ4n) is 1.92. The van der Waals surface area contributed by atoms with Gasteiger partial charge in [-0.3, -0.25) is 5.84 Å². The van der Waals surface area contributed by atoms with E-state index in [4.69, 9.17) is 5.84 Å². The molecule has 0 fully saturated rings. The highest BCUT2D eigenvalue weighted by atomic mass is 19.1. The van der Waals surface area contributed by atoms with Crippen molar-refractivity contribution in [2.24, 2.45) is 5.84 Å². The summed E-state index contributed by atoms with van der Waals surface area (Å²) in [4.78, 5) is 8.53. The monoisotopic (exact) mass is 260 g/mol. The van der Waals surface area contributed by atoms with Gasteiger partial charge in [-0.1, -0.05) is 6.07 Å². The summed E-state index contributed by atoms with van der Waals surface area (Å²) in [6.07, 6.45) is 4.13. The van der Waals surface area contributed by atoms with Gasteiger partial charge in [0.15, 0.2) is 0 Å². The molecule has 1 heterocycles. The third-order valence-electron chi connectivity index (χ3n) is 3.04. The molecule has 1 atom stereocenters. The minimum Gasteiger partial charge on any atom is -0.271 e. The average Bonchev–Trinajstić information content (AvgIpc) is 2.39. The Bertz CT molecular complexity index is 554. The number of hydrogen-bond acceptors (Lipinski definition) is 4. The molecule has 100 valence electrons. The lowest BCUT2D eigenvalue weighted by atomic mass is 10.0. The maximum atomic E-state index is 13.1. The third kappa shape index (κ3) is 3.33. The number of aromatic nitrogens is 2. The van der Waals surface area contributed by atoms with Crippen LogP contribution in [0.15, 0.2) is 30.6 Å². The van der Waals surface area contributed by atoms with Crippen LogP contribution in [-0.4, -0.2) is 9.97 Å². The number of nitrogens with zero attached hydrogens (tertiary/aromatic N) is 2. The molecule has 1 aromatic carbocycles. The maximum Gasteiger partial charge on any atom is 0.146 e. The molecular formula is C14H17FN4. The molecule has 0 aliphatic rings. The van der Waals surface area contributed by atoms with Gasteiger partial charge in [-0.2, -0.15) is 0 Å². The second-order valence-electron chi connectivity index (χ2n) is 4.61. The summed E-state index contributed by atoms with van der Waals surface area (Å²) in [5.74, 6) is 5.97. The Hall–Kier alpha value is -1.85. The molecule has 0 bridgehead atoms. The molecule has 0 spiro atoms. The van der Waals surface area contributed by atoms with Gasteiger partial charge in [0, 0.05) is 12.4 Å². The van der Waals surface area contributed by atoms with E-state index in [1.165, 1.54) is 12.1 Å². The lowest BCUT2D eigenvalue weighted by Crippen LogP contribution is -2.31. The Morgan fingerprint density at radius 3 is 2.53 bits per heavy atom. The first-order valence-electron chi connectivity index (χ1n) is 6.10. The number of benzene rings is 1. The van der Waals surface area contributed by atoms with E-state index in [9.17, 15) is 4.39 Å². The smallest absolute Gasteiger partial charge is 0.146 e. The van der Waals surface area contributed by atoms with Gasteiger partial charge in [0.05, 0.1) is 6.04 Å². The molecule has 0 aliphatic carbocycles. The second kappa shape index (κ2) is 5.86. The summed E-state index contributed by atoms with van der Waals surface area (Å²) < 4.78 is 13.1. The lowest BCUT2D eigenvalue weighted by molar-refractivity contribution is 0.520. The molecule has 1 aromatic heterocycles. The van der Waals surface area contributed by atoms with E-state index >= 15 is 0 Å². The fourth-order valence-corrected chi connectivity index (χ4v) is 1.92. The summed E-state index contributed by atoms with van der Waals surface area (Å²) in [5.41, 5.74) is 5.62. The van der Waals surface area contributed by atoms with Gasteiger partial charge in [0.1, 0.15) is 11.6 Å². The van der Waals surface area contributed by atoms with Gasteiger partial charge in [0.25, 0.3) is 0 Å². The van der Waals surface area contributed by atoms with E-state index in [1.807, 2.05) is 13.8 Å². The Kier molecular flexibility index (Phi) is 4.19. The van der Waals surface area contributed by atoms with Crippen molar-refractivity contribution in [2.75, 3.05) is 0 Å². The van der Waals surface area contributed by atoms with E-state index in [0.29, 0.717) is 12.2 Å². The minimum atomic E-state index is -0.231. The van der Waals surface area contributed by atoms with Crippen molar-refractivity contribution in [3.63, 3.8) is 0 Å². The van der Waals surface area contributed by atoms with Gasteiger partial charge in [-0.25, -0.2) is 19.8 Å². The second-order valence-corrected chi connectivity index (χ2v) is 4.61. The predicted octanol–water partition coefficient (Wildman–Crippen LogP) is 1.98. The van der Waals surface area contributed by atoms with Gasteiger partial charge in [-0.15, -0.1) is 0 Å². The van der Waals surface area contributed by atoms with Crippen LogP contribution in [-0.2, 0) is 6.42 Å². The van der Waals surface area contributed by atoms with Crippen molar-refractivity contribution in [3.8, 4) is 0 Å². The minimum absolute atomic E-state index is 0.190. The van der Waals surface area contributed by atoms with Gasteiger partial charge in [-0.05, 0) is 49.1 Å². The molecule has 2 rings (SSSR count). The first-order valence-corrected chi connectivity index (χ1v) is 6.10. The largest absolute Gasteiger partial charge is 0.271 e. The molecular weight excluding hydrogens is 243 g/mol. The zero-order chi connectivity index (χ0) is 13.8. The third-order valence-corrected chi connectivity index (χ3v) is 3.04. The highest BCUT2D eigenvalue weighted by Gasteiger charge is 2.14. The number of hydrazine groups is 1. The summed E-state index contributed by atoms with van der Waals surface area (Å²) in [5, 5.41) is 0. The normalized spacial score (nSPS) is 12.4. The SMILES string of the molecule is Cc1cnc(C(Cc2ccc(F)cc2C)NN)nc1. The van der Waals surface area contributed by atoms with Gasteiger partial charge in [0.2, 0.25) is 0 Å². The van der Waals surface area contributed by atoms with Gasteiger partial charge >= 0.3 is 0 Å². The van der Waals surface area contributed by atoms with Crippen LogP contribution in [0.1, 0.15) is 28.6 Å². The molecule has 5 heteroatoms. The number of nitrogens with one attached hydrogen (secondary N) is 1. The highest BCUT2D eigenvalue weighted by molar-refractivity contribution is 5.28. The Balaban J connectivity index is 2.21. The van der Waals surface area contributed by atoms with Crippen molar-refractivity contribution >= 4 is 0 Å². The first-order chi connectivity index (χ1) is 9.10. The average molecular weight is 260 g/mol.